The van der Waals surface area contributed by atoms with Crippen LogP contribution in [0.4, 0.5) is 4.79 Å². The molecular weight excluding hydrogens is 208 g/mol. The van der Waals surface area contributed by atoms with Crippen LogP contribution in [0.15, 0.2) is 24.5 Å². The zero-order valence-electron chi connectivity index (χ0n) is 9.69. The molecule has 1 heterocycles. The van der Waals surface area contributed by atoms with Crippen molar-refractivity contribution < 1.29 is 14.3 Å². The lowest BCUT2D eigenvalue weighted by Gasteiger charge is -2.27. The van der Waals surface area contributed by atoms with E-state index in [2.05, 4.69) is 10.1 Å². The Hall–Kier alpha value is -1.78. The summed E-state index contributed by atoms with van der Waals surface area (Å²) >= 11 is 0. The van der Waals surface area contributed by atoms with Crippen LogP contribution in [0, 0.1) is 0 Å². The number of nitrogens with one attached hydrogen (secondary N) is 1. The lowest BCUT2D eigenvalue weighted by atomic mass is 9.98. The molecule has 16 heavy (non-hydrogen) atoms. The third-order valence-electron chi connectivity index (χ3n) is 2.58. The first-order valence-electron chi connectivity index (χ1n) is 5.07. The fourth-order valence-corrected chi connectivity index (χ4v) is 1.32. The Kier molecular flexibility index (Phi) is 3.71. The van der Waals surface area contributed by atoms with Gasteiger partial charge in [0.2, 0.25) is 0 Å². The lowest BCUT2D eigenvalue weighted by molar-refractivity contribution is 0.0756. The van der Waals surface area contributed by atoms with Crippen LogP contribution in [0.2, 0.25) is 0 Å². The van der Waals surface area contributed by atoms with E-state index >= 15 is 0 Å². The van der Waals surface area contributed by atoms with Crippen molar-refractivity contribution in [3.8, 4) is 0 Å². The molecule has 0 saturated carbocycles. The molecule has 0 saturated heterocycles. The standard InChI is InChI=1S/C11H16N2O3/c1-4-11(2,12-10(15)16-3)9(14)13-7-5-6-8-13/h5-8H,4H2,1-3H3,(H,12,15). The molecule has 1 aromatic rings. The fourth-order valence-electron chi connectivity index (χ4n) is 1.32. The van der Waals surface area contributed by atoms with Crippen molar-refractivity contribution in [2.24, 2.45) is 0 Å². The molecule has 0 aliphatic rings. The minimum atomic E-state index is -0.952. The van der Waals surface area contributed by atoms with Crippen molar-refractivity contribution in [3.63, 3.8) is 0 Å². The van der Waals surface area contributed by atoms with Gasteiger partial charge in [0.1, 0.15) is 5.54 Å². The van der Waals surface area contributed by atoms with Gasteiger partial charge in [0, 0.05) is 12.4 Å². The van der Waals surface area contributed by atoms with E-state index in [1.54, 1.807) is 31.5 Å². The van der Waals surface area contributed by atoms with Crippen molar-refractivity contribution in [2.45, 2.75) is 25.8 Å². The quantitative estimate of drug-likeness (QED) is 0.849. The Morgan fingerprint density at radius 3 is 2.38 bits per heavy atom. The van der Waals surface area contributed by atoms with Crippen LogP contribution in [-0.4, -0.2) is 29.2 Å². The Balaban J connectivity index is 2.88. The first-order valence-corrected chi connectivity index (χ1v) is 5.07. The summed E-state index contributed by atoms with van der Waals surface area (Å²) in [5.74, 6) is -0.189. The van der Waals surface area contributed by atoms with Gasteiger partial charge < -0.3 is 10.1 Å². The highest BCUT2D eigenvalue weighted by Gasteiger charge is 2.34. The highest BCUT2D eigenvalue weighted by atomic mass is 16.5. The van der Waals surface area contributed by atoms with Crippen LogP contribution in [0.1, 0.15) is 25.1 Å². The van der Waals surface area contributed by atoms with Crippen LogP contribution in [0.3, 0.4) is 0 Å². The molecule has 0 aromatic carbocycles. The van der Waals surface area contributed by atoms with Crippen molar-refractivity contribution >= 4 is 12.0 Å². The summed E-state index contributed by atoms with van der Waals surface area (Å²) in [6, 6.07) is 3.51. The van der Waals surface area contributed by atoms with Crippen molar-refractivity contribution in [1.29, 1.82) is 0 Å². The monoisotopic (exact) mass is 224 g/mol. The summed E-state index contributed by atoms with van der Waals surface area (Å²) in [5.41, 5.74) is -0.952. The fraction of sp³-hybridized carbons (Fsp3) is 0.455. The Bertz CT molecular complexity index is 373. The molecule has 0 bridgehead atoms. The van der Waals surface area contributed by atoms with E-state index in [0.29, 0.717) is 6.42 Å². The highest BCUT2D eigenvalue weighted by molar-refractivity contribution is 5.91. The Labute approximate surface area is 94.4 Å². The molecule has 5 heteroatoms. The molecule has 0 aliphatic heterocycles. The number of aromatic nitrogens is 1. The van der Waals surface area contributed by atoms with Gasteiger partial charge in [0.15, 0.2) is 0 Å². The van der Waals surface area contributed by atoms with Gasteiger partial charge in [-0.2, -0.15) is 0 Å². The third-order valence-corrected chi connectivity index (χ3v) is 2.58. The SMILES string of the molecule is CCC(C)(NC(=O)OC)C(=O)n1cccc1. The Morgan fingerprint density at radius 1 is 1.38 bits per heavy atom. The number of carbonyl (C=O) groups excluding carboxylic acids is 2. The predicted octanol–water partition coefficient (Wildman–Crippen LogP) is 1.65. The van der Waals surface area contributed by atoms with Crippen LogP contribution in [-0.2, 0) is 4.74 Å². The molecular formula is C11H16N2O3. The molecule has 1 aromatic heterocycles. The maximum Gasteiger partial charge on any atom is 0.407 e. The molecule has 0 aliphatic carbocycles. The molecule has 0 fully saturated rings. The van der Waals surface area contributed by atoms with Gasteiger partial charge in [-0.3, -0.25) is 9.36 Å². The topological polar surface area (TPSA) is 60.3 Å². The Morgan fingerprint density at radius 2 is 1.94 bits per heavy atom. The molecule has 88 valence electrons. The minimum absolute atomic E-state index is 0.189. The number of hydrogen-bond acceptors (Lipinski definition) is 3. The summed E-state index contributed by atoms with van der Waals surface area (Å²) in [4.78, 5) is 23.3. The smallest absolute Gasteiger partial charge is 0.407 e. The second kappa shape index (κ2) is 4.83. The van der Waals surface area contributed by atoms with E-state index in [9.17, 15) is 9.59 Å². The summed E-state index contributed by atoms with van der Waals surface area (Å²) in [5, 5.41) is 2.55. The van der Waals surface area contributed by atoms with Crippen LogP contribution >= 0.6 is 0 Å². The van der Waals surface area contributed by atoms with Crippen molar-refractivity contribution in [1.82, 2.24) is 9.88 Å². The maximum atomic E-state index is 12.1. The maximum absolute atomic E-state index is 12.1. The molecule has 1 atom stereocenters. The summed E-state index contributed by atoms with van der Waals surface area (Å²) in [7, 11) is 1.27. The molecule has 0 radical (unpaired) electrons. The van der Waals surface area contributed by atoms with E-state index in [1.165, 1.54) is 11.7 Å². The van der Waals surface area contributed by atoms with Gasteiger partial charge in [-0.15, -0.1) is 0 Å². The highest BCUT2D eigenvalue weighted by Crippen LogP contribution is 2.13. The number of hydrogen-bond donors (Lipinski definition) is 1. The molecule has 5 nitrogen and oxygen atoms in total. The molecule has 1 rings (SSSR count). The number of rotatable bonds is 3. The van der Waals surface area contributed by atoms with Gasteiger partial charge in [-0.25, -0.2) is 4.79 Å². The lowest BCUT2D eigenvalue weighted by Crippen LogP contribution is -2.53. The van der Waals surface area contributed by atoms with Crippen LogP contribution in [0.25, 0.3) is 0 Å². The van der Waals surface area contributed by atoms with Gasteiger partial charge >= 0.3 is 6.09 Å². The molecule has 1 amide bonds. The number of alkyl carbamates (subject to hydrolysis) is 1. The van der Waals surface area contributed by atoms with Gasteiger partial charge in [0.25, 0.3) is 5.91 Å². The average Bonchev–Trinajstić information content (AvgIpc) is 2.81. The van der Waals surface area contributed by atoms with Crippen molar-refractivity contribution in [2.75, 3.05) is 7.11 Å². The largest absolute Gasteiger partial charge is 0.453 e. The van der Waals surface area contributed by atoms with Crippen molar-refractivity contribution in [3.05, 3.63) is 24.5 Å². The van der Waals surface area contributed by atoms with Crippen LogP contribution in [0.5, 0.6) is 0 Å². The van der Waals surface area contributed by atoms with E-state index < -0.39 is 11.6 Å². The summed E-state index contributed by atoms with van der Waals surface area (Å²) in [6.45, 7) is 3.50. The number of carbonyl (C=O) groups is 2. The zero-order valence-corrected chi connectivity index (χ0v) is 9.69. The molecule has 0 spiro atoms. The minimum Gasteiger partial charge on any atom is -0.453 e. The molecule has 1 unspecified atom stereocenters. The van der Waals surface area contributed by atoms with E-state index in [0.717, 1.165) is 0 Å². The number of nitrogens with zero attached hydrogens (tertiary/aromatic N) is 1. The average molecular weight is 224 g/mol. The first-order chi connectivity index (χ1) is 7.53. The zero-order chi connectivity index (χ0) is 12.2. The normalized spacial score (nSPS) is 13.9. The summed E-state index contributed by atoms with van der Waals surface area (Å²) < 4.78 is 5.95. The van der Waals surface area contributed by atoms with Gasteiger partial charge in [-0.05, 0) is 25.5 Å². The third kappa shape index (κ3) is 2.42. The number of amides is 1. The van der Waals surface area contributed by atoms with E-state index in [1.807, 2.05) is 6.92 Å². The van der Waals surface area contributed by atoms with E-state index in [-0.39, 0.29) is 5.91 Å². The summed E-state index contributed by atoms with van der Waals surface area (Å²) in [6.07, 6.45) is 3.17. The molecule has 1 N–H and O–H groups in total. The van der Waals surface area contributed by atoms with E-state index in [4.69, 9.17) is 0 Å². The second-order valence-corrected chi connectivity index (χ2v) is 3.70. The van der Waals surface area contributed by atoms with Gasteiger partial charge in [-0.1, -0.05) is 6.92 Å². The first kappa shape index (κ1) is 12.3. The number of methoxy groups -OCH3 is 1. The second-order valence-electron chi connectivity index (χ2n) is 3.70. The van der Waals surface area contributed by atoms with Gasteiger partial charge in [0.05, 0.1) is 7.11 Å². The number of ether oxygens (including phenoxy) is 1. The predicted molar refractivity (Wildman–Crippen MR) is 59.3 cm³/mol. The van der Waals surface area contributed by atoms with Crippen LogP contribution < -0.4 is 5.32 Å².